The van der Waals surface area contributed by atoms with E-state index in [0.29, 0.717) is 0 Å². The maximum atomic E-state index is 10.9. The highest BCUT2D eigenvalue weighted by atomic mass is 35.5. The lowest BCUT2D eigenvalue weighted by molar-refractivity contribution is -0.114. The summed E-state index contributed by atoms with van der Waals surface area (Å²) >= 11 is 10.8. The summed E-state index contributed by atoms with van der Waals surface area (Å²) < 4.78 is 1.49. The molecule has 0 aliphatic heterocycles. The summed E-state index contributed by atoms with van der Waals surface area (Å²) in [5, 5.41) is -0.424. The number of pyridine rings is 1. The second-order valence-electron chi connectivity index (χ2n) is 2.58. The molecule has 1 aromatic heterocycles. The predicted molar refractivity (Wildman–Crippen MR) is 51.3 cm³/mol. The van der Waals surface area contributed by atoms with E-state index in [1.54, 1.807) is 6.92 Å². The first-order valence-electron chi connectivity index (χ1n) is 3.59. The van der Waals surface area contributed by atoms with Gasteiger partial charge in [0.15, 0.2) is 5.43 Å². The zero-order chi connectivity index (χ0) is 10.0. The largest absolute Gasteiger partial charge is 0.341 e. The second kappa shape index (κ2) is 3.94. The molecule has 0 saturated heterocycles. The van der Waals surface area contributed by atoms with Crippen molar-refractivity contribution >= 4 is 28.4 Å². The maximum absolute atomic E-state index is 10.9. The van der Waals surface area contributed by atoms with Crippen LogP contribution in [0.4, 0.5) is 0 Å². The summed E-state index contributed by atoms with van der Waals surface area (Å²) in [4.78, 5) is 21.7. The summed E-state index contributed by atoms with van der Waals surface area (Å²) in [6.07, 6.45) is 2.86. The van der Waals surface area contributed by atoms with Crippen molar-refractivity contribution in [3.05, 3.63) is 33.7 Å². The van der Waals surface area contributed by atoms with Crippen molar-refractivity contribution in [3.8, 4) is 0 Å². The molecule has 0 aliphatic rings. The van der Waals surface area contributed by atoms with Crippen molar-refractivity contribution in [2.45, 2.75) is 13.0 Å². The molecule has 0 N–H and O–H groups in total. The lowest BCUT2D eigenvalue weighted by Gasteiger charge is -2.10. The number of rotatable bonds is 2. The molecule has 70 valence electrons. The number of hydrogen-bond donors (Lipinski definition) is 0. The molecule has 0 radical (unpaired) electrons. The van der Waals surface area contributed by atoms with Gasteiger partial charge in [0.2, 0.25) is 5.24 Å². The molecule has 1 heterocycles. The molecule has 0 aliphatic carbocycles. The number of carbonyl (C=O) groups is 1. The van der Waals surface area contributed by atoms with E-state index in [1.165, 1.54) is 23.0 Å². The van der Waals surface area contributed by atoms with Crippen molar-refractivity contribution in [1.82, 2.24) is 4.57 Å². The summed E-state index contributed by atoms with van der Waals surface area (Å²) in [5.41, 5.74) is -0.271. The fourth-order valence-corrected chi connectivity index (χ4v) is 1.12. The lowest BCUT2D eigenvalue weighted by atomic mass is 10.3. The van der Waals surface area contributed by atoms with Crippen molar-refractivity contribution in [2.75, 3.05) is 0 Å². The van der Waals surface area contributed by atoms with Gasteiger partial charge in [-0.3, -0.25) is 9.59 Å². The van der Waals surface area contributed by atoms with Crippen LogP contribution in [0.3, 0.4) is 0 Å². The highest BCUT2D eigenvalue weighted by Gasteiger charge is 2.10. The Kier molecular flexibility index (Phi) is 3.12. The van der Waals surface area contributed by atoms with E-state index in [9.17, 15) is 9.59 Å². The Hall–Kier alpha value is -0.800. The zero-order valence-electron chi connectivity index (χ0n) is 6.83. The summed E-state index contributed by atoms with van der Waals surface area (Å²) in [6, 6.07) is 0.776. The predicted octanol–water partition coefficient (Wildman–Crippen LogP) is 1.83. The van der Waals surface area contributed by atoms with E-state index in [2.05, 4.69) is 0 Å². The maximum Gasteiger partial charge on any atom is 0.244 e. The Morgan fingerprint density at radius 2 is 2.23 bits per heavy atom. The number of aromatic nitrogens is 1. The van der Waals surface area contributed by atoms with Crippen LogP contribution in [0.5, 0.6) is 0 Å². The van der Waals surface area contributed by atoms with E-state index < -0.39 is 11.3 Å². The monoisotopic (exact) mass is 219 g/mol. The van der Waals surface area contributed by atoms with Crippen LogP contribution < -0.4 is 5.43 Å². The smallest absolute Gasteiger partial charge is 0.244 e. The standard InChI is InChI=1S/C8H7Cl2NO2/c1-5(8(10)13)11-3-2-7(12)6(9)4-11/h2-5H,1H3/t5-/m0/s1. The summed E-state index contributed by atoms with van der Waals surface area (Å²) in [6.45, 7) is 1.62. The van der Waals surface area contributed by atoms with Crippen LogP contribution in [-0.2, 0) is 4.79 Å². The molecular formula is C8H7Cl2NO2. The van der Waals surface area contributed by atoms with E-state index >= 15 is 0 Å². The van der Waals surface area contributed by atoms with E-state index in [-0.39, 0.29) is 10.5 Å². The average molecular weight is 220 g/mol. The van der Waals surface area contributed by atoms with E-state index in [0.717, 1.165) is 0 Å². The molecule has 1 atom stereocenters. The van der Waals surface area contributed by atoms with Crippen molar-refractivity contribution in [1.29, 1.82) is 0 Å². The fourth-order valence-electron chi connectivity index (χ4n) is 0.829. The van der Waals surface area contributed by atoms with Gasteiger partial charge in [0, 0.05) is 18.5 Å². The van der Waals surface area contributed by atoms with Gasteiger partial charge < -0.3 is 4.57 Å². The van der Waals surface area contributed by atoms with Gasteiger partial charge in [-0.05, 0) is 18.5 Å². The molecule has 0 amide bonds. The highest BCUT2D eigenvalue weighted by Crippen LogP contribution is 2.10. The first-order valence-corrected chi connectivity index (χ1v) is 4.34. The molecular weight excluding hydrogens is 213 g/mol. The second-order valence-corrected chi connectivity index (χ2v) is 3.36. The first kappa shape index (κ1) is 10.3. The molecule has 3 nitrogen and oxygen atoms in total. The van der Waals surface area contributed by atoms with Crippen LogP contribution in [0, 0.1) is 0 Å². The third-order valence-corrected chi connectivity index (χ3v) is 2.27. The summed E-state index contributed by atoms with van der Waals surface area (Å²) in [7, 11) is 0. The van der Waals surface area contributed by atoms with E-state index in [1.807, 2.05) is 0 Å². The third-order valence-electron chi connectivity index (χ3n) is 1.67. The van der Waals surface area contributed by atoms with Gasteiger partial charge in [0.1, 0.15) is 11.1 Å². The van der Waals surface area contributed by atoms with Crippen molar-refractivity contribution < 1.29 is 4.79 Å². The van der Waals surface area contributed by atoms with Gasteiger partial charge in [0.25, 0.3) is 0 Å². The van der Waals surface area contributed by atoms with Gasteiger partial charge in [-0.1, -0.05) is 11.6 Å². The third kappa shape index (κ3) is 2.32. The molecule has 0 spiro atoms. The molecule has 13 heavy (non-hydrogen) atoms. The Labute approximate surface area is 84.9 Å². The van der Waals surface area contributed by atoms with Gasteiger partial charge >= 0.3 is 0 Å². The number of nitrogens with zero attached hydrogens (tertiary/aromatic N) is 1. The van der Waals surface area contributed by atoms with Crippen LogP contribution in [0.1, 0.15) is 13.0 Å². The molecule has 0 unspecified atom stereocenters. The minimum Gasteiger partial charge on any atom is -0.341 e. The van der Waals surface area contributed by atoms with Crippen molar-refractivity contribution in [2.24, 2.45) is 0 Å². The fraction of sp³-hybridized carbons (Fsp3) is 0.250. The molecule has 0 bridgehead atoms. The normalized spacial score (nSPS) is 12.5. The average Bonchev–Trinajstić information content (AvgIpc) is 2.08. The Morgan fingerprint density at radius 1 is 1.62 bits per heavy atom. The molecule has 0 fully saturated rings. The Balaban J connectivity index is 3.11. The van der Waals surface area contributed by atoms with Gasteiger partial charge in [-0.2, -0.15) is 0 Å². The first-order chi connectivity index (χ1) is 6.02. The zero-order valence-corrected chi connectivity index (χ0v) is 8.34. The van der Waals surface area contributed by atoms with Gasteiger partial charge in [-0.25, -0.2) is 0 Å². The number of carbonyl (C=O) groups excluding carboxylic acids is 1. The van der Waals surface area contributed by atoms with Crippen molar-refractivity contribution in [3.63, 3.8) is 0 Å². The molecule has 5 heteroatoms. The van der Waals surface area contributed by atoms with Crippen LogP contribution >= 0.6 is 23.2 Å². The molecule has 1 aromatic rings. The molecule has 0 aromatic carbocycles. The highest BCUT2D eigenvalue weighted by molar-refractivity contribution is 6.64. The van der Waals surface area contributed by atoms with Crippen LogP contribution in [-0.4, -0.2) is 9.81 Å². The van der Waals surface area contributed by atoms with Gasteiger partial charge in [0.05, 0.1) is 0 Å². The van der Waals surface area contributed by atoms with Crippen LogP contribution in [0.25, 0.3) is 0 Å². The number of hydrogen-bond acceptors (Lipinski definition) is 2. The quantitative estimate of drug-likeness (QED) is 0.713. The van der Waals surface area contributed by atoms with Gasteiger partial charge in [-0.15, -0.1) is 0 Å². The minimum atomic E-state index is -0.514. The molecule has 0 saturated carbocycles. The molecule has 1 rings (SSSR count). The SMILES string of the molecule is C[C@@H](C(=O)Cl)n1ccc(=O)c(Cl)c1. The lowest BCUT2D eigenvalue weighted by Crippen LogP contribution is -2.14. The minimum absolute atomic E-state index is 0.0762. The van der Waals surface area contributed by atoms with E-state index in [4.69, 9.17) is 23.2 Å². The Bertz CT molecular complexity index is 386. The Morgan fingerprint density at radius 3 is 2.69 bits per heavy atom. The van der Waals surface area contributed by atoms with Crippen LogP contribution in [0.15, 0.2) is 23.3 Å². The topological polar surface area (TPSA) is 39.1 Å². The van der Waals surface area contributed by atoms with Crippen LogP contribution in [0.2, 0.25) is 5.02 Å². The summed E-state index contributed by atoms with van der Waals surface area (Å²) in [5.74, 6) is 0. The number of halogens is 2.